The van der Waals surface area contributed by atoms with Crippen molar-refractivity contribution < 1.29 is 4.74 Å². The average Bonchev–Trinajstić information content (AvgIpc) is 2.35. The molecule has 0 atom stereocenters. The summed E-state index contributed by atoms with van der Waals surface area (Å²) in [6.45, 7) is 3.58. The Kier molecular flexibility index (Phi) is 3.52. The third-order valence-electron chi connectivity index (χ3n) is 2.82. The van der Waals surface area contributed by atoms with E-state index >= 15 is 0 Å². The average molecular weight is 309 g/mol. The van der Waals surface area contributed by atoms with Gasteiger partial charge in [-0.2, -0.15) is 0 Å². The molecule has 0 amide bonds. The fraction of sp³-hybridized carbons (Fsp3) is 0.231. The Bertz CT molecular complexity index is 650. The molecule has 4 nitrogen and oxygen atoms in total. The van der Waals surface area contributed by atoms with Gasteiger partial charge in [0.2, 0.25) is 0 Å². The van der Waals surface area contributed by atoms with Gasteiger partial charge in [-0.1, -0.05) is 0 Å². The summed E-state index contributed by atoms with van der Waals surface area (Å²) in [5.74, 6) is 1.30. The molecule has 1 heterocycles. The van der Waals surface area contributed by atoms with Gasteiger partial charge in [-0.3, -0.25) is 4.79 Å². The van der Waals surface area contributed by atoms with Crippen LogP contribution < -0.4 is 10.3 Å². The molecule has 0 spiro atoms. The number of nitrogens with one attached hydrogen (secondary N) is 1. The second kappa shape index (κ2) is 4.94. The van der Waals surface area contributed by atoms with Crippen LogP contribution >= 0.6 is 15.9 Å². The van der Waals surface area contributed by atoms with Gasteiger partial charge >= 0.3 is 0 Å². The minimum Gasteiger partial charge on any atom is -0.496 e. The lowest BCUT2D eigenvalue weighted by atomic mass is 10.2. The highest BCUT2D eigenvalue weighted by Crippen LogP contribution is 2.28. The zero-order valence-electron chi connectivity index (χ0n) is 10.4. The first kappa shape index (κ1) is 12.8. The van der Waals surface area contributed by atoms with Gasteiger partial charge < -0.3 is 9.72 Å². The number of H-pyrrole nitrogens is 1. The fourth-order valence-corrected chi connectivity index (χ4v) is 2.14. The minimum absolute atomic E-state index is 0.107. The summed E-state index contributed by atoms with van der Waals surface area (Å²) in [7, 11) is 1.61. The first-order chi connectivity index (χ1) is 8.52. The predicted molar refractivity (Wildman–Crippen MR) is 74.0 cm³/mol. The molecule has 0 aliphatic carbocycles. The smallest absolute Gasteiger partial charge is 0.254 e. The third kappa shape index (κ3) is 2.31. The van der Waals surface area contributed by atoms with Crippen LogP contribution in [0.2, 0.25) is 0 Å². The van der Waals surface area contributed by atoms with Crippen LogP contribution in [0.15, 0.2) is 27.5 Å². The van der Waals surface area contributed by atoms with E-state index in [1.165, 1.54) is 0 Å². The maximum absolute atomic E-state index is 11.7. The number of hydrogen-bond donors (Lipinski definition) is 1. The van der Waals surface area contributed by atoms with Crippen LogP contribution in [0.1, 0.15) is 11.3 Å². The van der Waals surface area contributed by atoms with E-state index in [0.29, 0.717) is 11.4 Å². The molecule has 18 heavy (non-hydrogen) atoms. The van der Waals surface area contributed by atoms with Gasteiger partial charge in [0.1, 0.15) is 11.6 Å². The van der Waals surface area contributed by atoms with E-state index in [1.54, 1.807) is 14.0 Å². The molecule has 0 aliphatic heterocycles. The fourth-order valence-electron chi connectivity index (χ4n) is 1.60. The van der Waals surface area contributed by atoms with E-state index in [2.05, 4.69) is 25.9 Å². The Labute approximate surface area is 113 Å². The van der Waals surface area contributed by atoms with E-state index < -0.39 is 0 Å². The zero-order chi connectivity index (χ0) is 13.3. The van der Waals surface area contributed by atoms with Crippen molar-refractivity contribution in [1.29, 1.82) is 0 Å². The van der Waals surface area contributed by atoms with Gasteiger partial charge in [-0.25, -0.2) is 4.98 Å². The summed E-state index contributed by atoms with van der Waals surface area (Å²) in [4.78, 5) is 18.9. The molecular weight excluding hydrogens is 296 g/mol. The quantitative estimate of drug-likeness (QED) is 0.928. The largest absolute Gasteiger partial charge is 0.496 e. The molecule has 0 saturated carbocycles. The van der Waals surface area contributed by atoms with Gasteiger partial charge in [0.25, 0.3) is 5.56 Å². The first-order valence-electron chi connectivity index (χ1n) is 5.44. The SMILES string of the molecule is COc1ccc(-c2nc(C)c(C)c(=O)[nH]2)cc1Br. The van der Waals surface area contributed by atoms with Crippen LogP contribution in [0.3, 0.4) is 0 Å². The summed E-state index contributed by atoms with van der Waals surface area (Å²) in [6, 6.07) is 5.55. The number of aryl methyl sites for hydroxylation is 1. The molecule has 2 aromatic rings. The number of aromatic amines is 1. The molecule has 0 fully saturated rings. The molecule has 1 aromatic heterocycles. The van der Waals surface area contributed by atoms with Crippen molar-refractivity contribution in [2.75, 3.05) is 7.11 Å². The highest BCUT2D eigenvalue weighted by Gasteiger charge is 2.08. The predicted octanol–water partition coefficient (Wildman–Crippen LogP) is 2.82. The third-order valence-corrected chi connectivity index (χ3v) is 3.44. The van der Waals surface area contributed by atoms with Crippen LogP contribution in [0, 0.1) is 13.8 Å². The Morgan fingerprint density at radius 3 is 2.61 bits per heavy atom. The molecule has 2 rings (SSSR count). The van der Waals surface area contributed by atoms with Gasteiger partial charge in [0.05, 0.1) is 11.6 Å². The van der Waals surface area contributed by atoms with Crippen LogP contribution in [0.4, 0.5) is 0 Å². The number of aromatic nitrogens is 2. The maximum Gasteiger partial charge on any atom is 0.254 e. The van der Waals surface area contributed by atoms with E-state index in [4.69, 9.17) is 4.74 Å². The molecule has 94 valence electrons. The zero-order valence-corrected chi connectivity index (χ0v) is 12.0. The van der Waals surface area contributed by atoms with E-state index in [-0.39, 0.29) is 5.56 Å². The number of benzene rings is 1. The number of halogens is 1. The van der Waals surface area contributed by atoms with E-state index in [0.717, 1.165) is 21.5 Å². The van der Waals surface area contributed by atoms with Crippen LogP contribution in [-0.2, 0) is 0 Å². The van der Waals surface area contributed by atoms with Gasteiger partial charge in [-0.05, 0) is 48.0 Å². The van der Waals surface area contributed by atoms with Crippen LogP contribution in [0.5, 0.6) is 5.75 Å². The number of rotatable bonds is 2. The lowest BCUT2D eigenvalue weighted by Crippen LogP contribution is -2.14. The number of hydrogen-bond acceptors (Lipinski definition) is 3. The molecule has 5 heteroatoms. The lowest BCUT2D eigenvalue weighted by molar-refractivity contribution is 0.412. The van der Waals surface area contributed by atoms with Gasteiger partial charge in [0, 0.05) is 16.8 Å². The van der Waals surface area contributed by atoms with Crippen molar-refractivity contribution >= 4 is 15.9 Å². The summed E-state index contributed by atoms with van der Waals surface area (Å²) in [6.07, 6.45) is 0. The molecule has 0 unspecified atom stereocenters. The highest BCUT2D eigenvalue weighted by atomic mass is 79.9. The second-order valence-electron chi connectivity index (χ2n) is 3.97. The summed E-state index contributed by atoms with van der Waals surface area (Å²) in [5.41, 5.74) is 2.11. The van der Waals surface area contributed by atoms with E-state index in [1.807, 2.05) is 25.1 Å². The Hall–Kier alpha value is -1.62. The van der Waals surface area contributed by atoms with E-state index in [9.17, 15) is 4.79 Å². The topological polar surface area (TPSA) is 55.0 Å². The van der Waals surface area contributed by atoms with Crippen LogP contribution in [-0.4, -0.2) is 17.1 Å². The van der Waals surface area contributed by atoms with Crippen molar-refractivity contribution in [3.8, 4) is 17.1 Å². The Balaban J connectivity index is 2.56. The molecule has 0 bridgehead atoms. The number of nitrogens with zero attached hydrogens (tertiary/aromatic N) is 1. The van der Waals surface area contributed by atoms with Crippen molar-refractivity contribution in [1.82, 2.24) is 9.97 Å². The number of methoxy groups -OCH3 is 1. The Morgan fingerprint density at radius 2 is 2.06 bits per heavy atom. The second-order valence-corrected chi connectivity index (χ2v) is 4.83. The molecule has 1 aromatic carbocycles. The molecule has 0 radical (unpaired) electrons. The Morgan fingerprint density at radius 1 is 1.33 bits per heavy atom. The lowest BCUT2D eigenvalue weighted by Gasteiger charge is -2.07. The first-order valence-corrected chi connectivity index (χ1v) is 6.23. The van der Waals surface area contributed by atoms with Crippen LogP contribution in [0.25, 0.3) is 11.4 Å². The normalized spacial score (nSPS) is 10.4. The molecule has 1 N–H and O–H groups in total. The minimum atomic E-state index is -0.107. The molecule has 0 saturated heterocycles. The maximum atomic E-state index is 11.7. The summed E-state index contributed by atoms with van der Waals surface area (Å²) in [5, 5.41) is 0. The summed E-state index contributed by atoms with van der Waals surface area (Å²) < 4.78 is 5.99. The van der Waals surface area contributed by atoms with Gasteiger partial charge in [-0.15, -0.1) is 0 Å². The standard InChI is InChI=1S/C13H13BrN2O2/c1-7-8(2)15-12(16-13(7)17)9-4-5-11(18-3)10(14)6-9/h4-6H,1-3H3,(H,15,16,17). The molecule has 0 aliphatic rings. The number of ether oxygens (including phenoxy) is 1. The monoisotopic (exact) mass is 308 g/mol. The summed E-state index contributed by atoms with van der Waals surface area (Å²) >= 11 is 3.41. The van der Waals surface area contributed by atoms with Crippen molar-refractivity contribution in [2.45, 2.75) is 13.8 Å². The van der Waals surface area contributed by atoms with Crippen molar-refractivity contribution in [2.24, 2.45) is 0 Å². The van der Waals surface area contributed by atoms with Gasteiger partial charge in [0.15, 0.2) is 0 Å². The van der Waals surface area contributed by atoms with Crippen molar-refractivity contribution in [3.05, 3.63) is 44.3 Å². The highest BCUT2D eigenvalue weighted by molar-refractivity contribution is 9.10. The molecular formula is C13H13BrN2O2. The van der Waals surface area contributed by atoms with Crippen molar-refractivity contribution in [3.63, 3.8) is 0 Å².